The van der Waals surface area contributed by atoms with E-state index < -0.39 is 0 Å². The molecule has 1 aliphatic rings. The maximum Gasteiger partial charge on any atom is 0.276 e. The molecular formula is C22H21N5OS. The van der Waals surface area contributed by atoms with Crippen LogP contribution in [-0.4, -0.2) is 44.3 Å². The Kier molecular flexibility index (Phi) is 4.91. The number of thiophene rings is 1. The molecule has 0 radical (unpaired) electrons. The first kappa shape index (κ1) is 18.1. The molecule has 0 bridgehead atoms. The summed E-state index contributed by atoms with van der Waals surface area (Å²) in [5.74, 6) is 0. The van der Waals surface area contributed by atoms with E-state index in [1.54, 1.807) is 40.8 Å². The standard InChI is InChI=1S/C22H21N5OS/c28-22-19-18(16-3-7-23-8-4-16)15-29-21(19)20(17-5-9-24-10-6-17)25-27(22)14-13-26-11-1-2-12-26/h3-10,15H,1-2,11-14H2. The van der Waals surface area contributed by atoms with Crippen molar-refractivity contribution < 1.29 is 0 Å². The largest absolute Gasteiger partial charge is 0.301 e. The Hall–Kier alpha value is -2.90. The average Bonchev–Trinajstić information content (AvgIpc) is 3.45. The van der Waals surface area contributed by atoms with Crippen molar-refractivity contribution in [1.82, 2.24) is 24.6 Å². The lowest BCUT2D eigenvalue weighted by molar-refractivity contribution is 0.313. The molecule has 0 aliphatic carbocycles. The van der Waals surface area contributed by atoms with Gasteiger partial charge >= 0.3 is 0 Å². The molecule has 29 heavy (non-hydrogen) atoms. The lowest BCUT2D eigenvalue weighted by atomic mass is 10.1. The zero-order valence-corrected chi connectivity index (χ0v) is 16.8. The second-order valence-electron chi connectivity index (χ2n) is 7.25. The third kappa shape index (κ3) is 3.47. The number of likely N-dealkylation sites (tertiary alicyclic amines) is 1. The Bertz CT molecular complexity index is 1180. The quantitative estimate of drug-likeness (QED) is 0.509. The highest BCUT2D eigenvalue weighted by molar-refractivity contribution is 7.18. The minimum atomic E-state index is -0.0231. The van der Waals surface area contributed by atoms with Gasteiger partial charge < -0.3 is 4.90 Å². The Morgan fingerprint density at radius 2 is 1.55 bits per heavy atom. The van der Waals surface area contributed by atoms with Gasteiger partial charge in [0.15, 0.2) is 0 Å². The van der Waals surface area contributed by atoms with Crippen molar-refractivity contribution in [2.45, 2.75) is 19.4 Å². The molecular weight excluding hydrogens is 382 g/mol. The highest BCUT2D eigenvalue weighted by Gasteiger charge is 2.19. The molecule has 0 atom stereocenters. The highest BCUT2D eigenvalue weighted by Crippen LogP contribution is 2.36. The van der Waals surface area contributed by atoms with E-state index in [4.69, 9.17) is 5.10 Å². The van der Waals surface area contributed by atoms with Crippen LogP contribution in [0.5, 0.6) is 0 Å². The number of aromatic nitrogens is 4. The van der Waals surface area contributed by atoms with Crippen LogP contribution in [0.25, 0.3) is 32.5 Å². The van der Waals surface area contributed by atoms with Crippen LogP contribution in [0.4, 0.5) is 0 Å². The fraction of sp³-hybridized carbons (Fsp3) is 0.273. The Labute approximate surface area is 172 Å². The van der Waals surface area contributed by atoms with Crippen molar-refractivity contribution in [3.8, 4) is 22.4 Å². The lowest BCUT2D eigenvalue weighted by Crippen LogP contribution is -2.31. The molecule has 1 fully saturated rings. The smallest absolute Gasteiger partial charge is 0.276 e. The summed E-state index contributed by atoms with van der Waals surface area (Å²) in [6.07, 6.45) is 9.52. The van der Waals surface area contributed by atoms with Crippen LogP contribution < -0.4 is 5.56 Å². The summed E-state index contributed by atoms with van der Waals surface area (Å²) in [5, 5.41) is 7.58. The lowest BCUT2D eigenvalue weighted by Gasteiger charge is -2.16. The number of hydrogen-bond donors (Lipinski definition) is 0. The Morgan fingerprint density at radius 3 is 2.24 bits per heavy atom. The number of rotatable bonds is 5. The van der Waals surface area contributed by atoms with Crippen molar-refractivity contribution in [3.63, 3.8) is 0 Å². The van der Waals surface area contributed by atoms with E-state index in [0.717, 1.165) is 52.1 Å². The van der Waals surface area contributed by atoms with Gasteiger partial charge in [-0.1, -0.05) is 0 Å². The van der Waals surface area contributed by atoms with Gasteiger partial charge in [-0.25, -0.2) is 4.68 Å². The van der Waals surface area contributed by atoms with Gasteiger partial charge in [0.2, 0.25) is 0 Å². The van der Waals surface area contributed by atoms with E-state index in [9.17, 15) is 4.79 Å². The summed E-state index contributed by atoms with van der Waals surface area (Å²) in [4.78, 5) is 24.1. The molecule has 4 aromatic rings. The van der Waals surface area contributed by atoms with E-state index in [1.807, 2.05) is 24.3 Å². The van der Waals surface area contributed by atoms with E-state index in [0.29, 0.717) is 6.54 Å². The molecule has 5 rings (SSSR count). The highest BCUT2D eigenvalue weighted by atomic mass is 32.1. The third-order valence-corrected chi connectivity index (χ3v) is 6.43. The normalized spacial score (nSPS) is 14.6. The average molecular weight is 404 g/mol. The zero-order valence-electron chi connectivity index (χ0n) is 16.0. The fourth-order valence-electron chi connectivity index (χ4n) is 3.92. The summed E-state index contributed by atoms with van der Waals surface area (Å²) in [5.41, 5.74) is 3.74. The first-order valence-electron chi connectivity index (χ1n) is 9.87. The third-order valence-electron chi connectivity index (χ3n) is 5.45. The van der Waals surface area contributed by atoms with Crippen LogP contribution in [0.1, 0.15) is 12.8 Å². The Balaban J connectivity index is 1.67. The molecule has 0 spiro atoms. The summed E-state index contributed by atoms with van der Waals surface area (Å²) in [7, 11) is 0. The number of nitrogens with zero attached hydrogens (tertiary/aromatic N) is 5. The number of fused-ring (bicyclic) bond motifs is 1. The summed E-state index contributed by atoms with van der Waals surface area (Å²) < 4.78 is 2.57. The van der Waals surface area contributed by atoms with Crippen LogP contribution in [0.15, 0.2) is 59.2 Å². The minimum absolute atomic E-state index is 0.0231. The molecule has 1 aliphatic heterocycles. The van der Waals surface area contributed by atoms with Gasteiger partial charge in [-0.15, -0.1) is 11.3 Å². The molecule has 146 valence electrons. The Morgan fingerprint density at radius 1 is 0.897 bits per heavy atom. The summed E-state index contributed by atoms with van der Waals surface area (Å²) in [6.45, 7) is 3.66. The molecule has 5 heterocycles. The van der Waals surface area contributed by atoms with Crippen molar-refractivity contribution in [2.75, 3.05) is 19.6 Å². The predicted molar refractivity (Wildman–Crippen MR) is 116 cm³/mol. The van der Waals surface area contributed by atoms with Crippen molar-refractivity contribution >= 4 is 21.4 Å². The molecule has 0 aromatic carbocycles. The molecule has 7 heteroatoms. The van der Waals surface area contributed by atoms with Gasteiger partial charge in [0.05, 0.1) is 16.6 Å². The molecule has 0 amide bonds. The van der Waals surface area contributed by atoms with E-state index in [2.05, 4.69) is 20.2 Å². The van der Waals surface area contributed by atoms with Crippen LogP contribution >= 0.6 is 11.3 Å². The molecule has 4 aromatic heterocycles. The van der Waals surface area contributed by atoms with Gasteiger partial charge in [0.1, 0.15) is 5.69 Å². The zero-order chi connectivity index (χ0) is 19.6. The molecule has 0 N–H and O–H groups in total. The topological polar surface area (TPSA) is 63.9 Å². The monoisotopic (exact) mass is 403 g/mol. The van der Waals surface area contributed by atoms with E-state index >= 15 is 0 Å². The summed E-state index contributed by atoms with van der Waals surface area (Å²) in [6, 6.07) is 7.79. The molecule has 0 saturated carbocycles. The first-order valence-corrected chi connectivity index (χ1v) is 10.7. The number of hydrogen-bond acceptors (Lipinski definition) is 6. The van der Waals surface area contributed by atoms with Crippen molar-refractivity contribution in [3.05, 3.63) is 64.8 Å². The first-order chi connectivity index (χ1) is 14.3. The minimum Gasteiger partial charge on any atom is -0.301 e. The van der Waals surface area contributed by atoms with Gasteiger partial charge in [-0.3, -0.25) is 14.8 Å². The van der Waals surface area contributed by atoms with Gasteiger partial charge in [0.25, 0.3) is 5.56 Å². The van der Waals surface area contributed by atoms with Crippen molar-refractivity contribution in [1.29, 1.82) is 0 Å². The molecule has 6 nitrogen and oxygen atoms in total. The van der Waals surface area contributed by atoms with Crippen LogP contribution in [-0.2, 0) is 6.54 Å². The van der Waals surface area contributed by atoms with Gasteiger partial charge in [0, 0.05) is 47.8 Å². The second kappa shape index (κ2) is 7.85. The van der Waals surface area contributed by atoms with Gasteiger partial charge in [-0.2, -0.15) is 5.10 Å². The van der Waals surface area contributed by atoms with Crippen LogP contribution in [0.2, 0.25) is 0 Å². The van der Waals surface area contributed by atoms with E-state index in [1.165, 1.54) is 12.8 Å². The second-order valence-corrected chi connectivity index (χ2v) is 8.13. The maximum absolute atomic E-state index is 13.4. The molecule has 0 unspecified atom stereocenters. The van der Waals surface area contributed by atoms with E-state index in [-0.39, 0.29) is 5.56 Å². The maximum atomic E-state index is 13.4. The van der Waals surface area contributed by atoms with Crippen molar-refractivity contribution in [2.24, 2.45) is 0 Å². The predicted octanol–water partition coefficient (Wildman–Crippen LogP) is 3.68. The van der Waals surface area contributed by atoms with Crippen LogP contribution in [0.3, 0.4) is 0 Å². The fourth-order valence-corrected chi connectivity index (χ4v) is 5.00. The van der Waals surface area contributed by atoms with Gasteiger partial charge in [-0.05, 0) is 55.8 Å². The van der Waals surface area contributed by atoms with Crippen LogP contribution in [0, 0.1) is 0 Å². The number of pyridine rings is 2. The summed E-state index contributed by atoms with van der Waals surface area (Å²) >= 11 is 1.57. The molecule has 1 saturated heterocycles. The SMILES string of the molecule is O=c1c2c(-c3ccncc3)csc2c(-c2ccncc2)nn1CCN1CCCC1.